The number of hydrogen-bond acceptors (Lipinski definition) is 3. The van der Waals surface area contributed by atoms with Crippen LogP contribution in [-0.4, -0.2) is 26.9 Å². The van der Waals surface area contributed by atoms with Crippen LogP contribution in [0.4, 0.5) is 0 Å². The lowest BCUT2D eigenvalue weighted by Crippen LogP contribution is -2.44. The van der Waals surface area contributed by atoms with Crippen molar-refractivity contribution in [2.75, 3.05) is 0 Å². The van der Waals surface area contributed by atoms with Gasteiger partial charge in [0.25, 0.3) is 0 Å². The smallest absolute Gasteiger partial charge is 0.338 e. The van der Waals surface area contributed by atoms with E-state index in [1.807, 2.05) is 0 Å². The monoisotopic (exact) mass is 278 g/mol. The molecule has 0 aromatic heterocycles. The molecule has 1 aromatic rings. The molecule has 0 aliphatic rings. The first kappa shape index (κ1) is 14.3. The van der Waals surface area contributed by atoms with E-state index in [9.17, 15) is 15.0 Å². The number of carbonyl (C=O) groups is 1. The molecule has 3 N–H and O–H groups in total. The summed E-state index contributed by atoms with van der Waals surface area (Å²) in [6.45, 7) is 1.45. The summed E-state index contributed by atoms with van der Waals surface area (Å²) in [5, 5.41) is 29.0. The first-order valence-electron chi connectivity index (χ1n) is 4.92. The van der Waals surface area contributed by atoms with Gasteiger partial charge in [-0.2, -0.15) is 0 Å². The molecule has 4 nitrogen and oxygen atoms in total. The average molecular weight is 279 g/mol. The van der Waals surface area contributed by atoms with Gasteiger partial charge in [0.05, 0.1) is 0 Å². The molecular weight excluding hydrogens is 267 g/mol. The third-order valence-electron chi connectivity index (χ3n) is 2.63. The Morgan fingerprint density at radius 3 is 2.24 bits per heavy atom. The van der Waals surface area contributed by atoms with Gasteiger partial charge in [0.15, 0.2) is 5.60 Å². The highest BCUT2D eigenvalue weighted by molar-refractivity contribution is 6.36. The average Bonchev–Trinajstić information content (AvgIpc) is 2.27. The minimum absolute atomic E-state index is 0.0163. The van der Waals surface area contributed by atoms with Crippen molar-refractivity contribution in [1.82, 2.24) is 0 Å². The van der Waals surface area contributed by atoms with Crippen molar-refractivity contribution in [2.24, 2.45) is 0 Å². The Balaban J connectivity index is 3.29. The van der Waals surface area contributed by atoms with Crippen molar-refractivity contribution in [2.45, 2.75) is 25.0 Å². The Kier molecular flexibility index (Phi) is 4.38. The maximum atomic E-state index is 11.0. The van der Waals surface area contributed by atoms with Crippen LogP contribution in [0.3, 0.4) is 0 Å². The van der Waals surface area contributed by atoms with E-state index in [4.69, 9.17) is 28.3 Å². The minimum Gasteiger partial charge on any atom is -0.479 e. The number of aliphatic carboxylic acids is 1. The lowest BCUT2D eigenvalue weighted by atomic mass is 9.88. The third-order valence-corrected chi connectivity index (χ3v) is 3.29. The molecule has 0 bridgehead atoms. The maximum Gasteiger partial charge on any atom is 0.338 e. The van der Waals surface area contributed by atoms with E-state index in [2.05, 4.69) is 0 Å². The van der Waals surface area contributed by atoms with Gasteiger partial charge >= 0.3 is 5.97 Å². The second-order valence-electron chi connectivity index (χ2n) is 3.62. The van der Waals surface area contributed by atoms with Crippen LogP contribution in [0.1, 0.15) is 25.0 Å². The van der Waals surface area contributed by atoms with Crippen molar-refractivity contribution >= 4 is 29.2 Å². The molecule has 2 atom stereocenters. The molecule has 0 aliphatic heterocycles. The molecule has 0 aliphatic carbocycles. The quantitative estimate of drug-likeness (QED) is 0.790. The zero-order valence-electron chi connectivity index (χ0n) is 9.02. The summed E-state index contributed by atoms with van der Waals surface area (Å²) < 4.78 is 0. The summed E-state index contributed by atoms with van der Waals surface area (Å²) in [4.78, 5) is 11.0. The van der Waals surface area contributed by atoms with Gasteiger partial charge in [-0.05, 0) is 18.6 Å². The Hall–Kier alpha value is -0.810. The summed E-state index contributed by atoms with van der Waals surface area (Å²) in [5.74, 6) is -1.52. The molecule has 0 fully saturated rings. The second-order valence-corrected chi connectivity index (χ2v) is 4.44. The van der Waals surface area contributed by atoms with Crippen LogP contribution in [0.5, 0.6) is 0 Å². The van der Waals surface area contributed by atoms with E-state index in [0.717, 1.165) is 0 Å². The lowest BCUT2D eigenvalue weighted by molar-refractivity contribution is -0.173. The highest BCUT2D eigenvalue weighted by Gasteiger charge is 2.44. The highest BCUT2D eigenvalue weighted by atomic mass is 35.5. The van der Waals surface area contributed by atoms with Crippen molar-refractivity contribution in [1.29, 1.82) is 0 Å². The lowest BCUT2D eigenvalue weighted by Gasteiger charge is -2.28. The van der Waals surface area contributed by atoms with E-state index in [1.54, 1.807) is 6.07 Å². The number of aliphatic hydroxyl groups is 2. The molecule has 0 saturated carbocycles. The van der Waals surface area contributed by atoms with Crippen molar-refractivity contribution in [3.8, 4) is 0 Å². The summed E-state index contributed by atoms with van der Waals surface area (Å²) in [6, 6.07) is 4.49. The third kappa shape index (κ3) is 2.55. The van der Waals surface area contributed by atoms with Gasteiger partial charge in [-0.25, -0.2) is 4.79 Å². The van der Waals surface area contributed by atoms with Crippen LogP contribution in [-0.2, 0) is 4.79 Å². The van der Waals surface area contributed by atoms with Gasteiger partial charge in [0.2, 0.25) is 0 Å². The molecule has 1 aromatic carbocycles. The van der Waals surface area contributed by atoms with Crippen LogP contribution >= 0.6 is 23.2 Å². The van der Waals surface area contributed by atoms with Gasteiger partial charge in [-0.1, -0.05) is 36.2 Å². The maximum absolute atomic E-state index is 11.0. The number of halogens is 2. The number of carboxylic acids is 1. The molecule has 0 unspecified atom stereocenters. The Morgan fingerprint density at radius 1 is 1.41 bits per heavy atom. The standard InChI is InChI=1S/C11H12Cl2O4/c1-2-11(17,10(15)16)9(14)8-6(12)4-3-5-7(8)13/h3-5,9,14,17H,2H2,1H3,(H,15,16)/t9-,11+/m1/s1. The van der Waals surface area contributed by atoms with Gasteiger partial charge in [0, 0.05) is 15.6 Å². The summed E-state index contributed by atoms with van der Waals surface area (Å²) >= 11 is 11.7. The van der Waals surface area contributed by atoms with Crippen LogP contribution in [0.2, 0.25) is 10.0 Å². The Bertz CT molecular complexity index is 415. The predicted octanol–water partition coefficient (Wildman–Crippen LogP) is 2.25. The predicted molar refractivity (Wildman–Crippen MR) is 64.3 cm³/mol. The van der Waals surface area contributed by atoms with E-state index >= 15 is 0 Å². The van der Waals surface area contributed by atoms with Crippen molar-refractivity contribution < 1.29 is 20.1 Å². The first-order chi connectivity index (χ1) is 7.84. The van der Waals surface area contributed by atoms with Crippen LogP contribution in [0.15, 0.2) is 18.2 Å². The number of benzene rings is 1. The van der Waals surface area contributed by atoms with Crippen LogP contribution in [0.25, 0.3) is 0 Å². The normalized spacial score (nSPS) is 16.3. The van der Waals surface area contributed by atoms with Gasteiger partial charge in [-0.3, -0.25) is 0 Å². The van der Waals surface area contributed by atoms with Crippen LogP contribution in [0, 0.1) is 0 Å². The summed E-state index contributed by atoms with van der Waals surface area (Å²) in [5.41, 5.74) is -2.29. The molecule has 94 valence electrons. The number of carboxylic acid groups (broad SMARTS) is 1. The number of aliphatic hydroxyl groups excluding tert-OH is 1. The fourth-order valence-corrected chi connectivity index (χ4v) is 2.08. The van der Waals surface area contributed by atoms with Crippen LogP contribution < -0.4 is 0 Å². The topological polar surface area (TPSA) is 77.8 Å². The largest absolute Gasteiger partial charge is 0.479 e. The fraction of sp³-hybridized carbons (Fsp3) is 0.364. The van der Waals surface area contributed by atoms with Crippen molar-refractivity contribution in [3.05, 3.63) is 33.8 Å². The summed E-state index contributed by atoms with van der Waals surface area (Å²) in [7, 11) is 0. The molecule has 0 radical (unpaired) electrons. The van der Waals surface area contributed by atoms with E-state index in [0.29, 0.717) is 0 Å². The summed E-state index contributed by atoms with van der Waals surface area (Å²) in [6.07, 6.45) is -1.86. The zero-order valence-corrected chi connectivity index (χ0v) is 10.5. The van der Waals surface area contributed by atoms with E-state index in [-0.39, 0.29) is 22.0 Å². The van der Waals surface area contributed by atoms with Gasteiger partial charge in [-0.15, -0.1) is 0 Å². The second kappa shape index (κ2) is 5.23. The number of hydrogen-bond donors (Lipinski definition) is 3. The molecule has 6 heteroatoms. The zero-order chi connectivity index (χ0) is 13.2. The first-order valence-corrected chi connectivity index (χ1v) is 5.68. The minimum atomic E-state index is -2.31. The molecule has 0 spiro atoms. The molecule has 0 amide bonds. The highest BCUT2D eigenvalue weighted by Crippen LogP contribution is 2.37. The number of rotatable bonds is 4. The van der Waals surface area contributed by atoms with Crippen molar-refractivity contribution in [3.63, 3.8) is 0 Å². The van der Waals surface area contributed by atoms with Gasteiger partial charge in [0.1, 0.15) is 6.10 Å². The van der Waals surface area contributed by atoms with E-state index < -0.39 is 17.7 Å². The molecular formula is C11H12Cl2O4. The molecule has 1 rings (SSSR count). The Labute approximate surface area is 108 Å². The van der Waals surface area contributed by atoms with Gasteiger partial charge < -0.3 is 15.3 Å². The van der Waals surface area contributed by atoms with E-state index in [1.165, 1.54) is 19.1 Å². The SMILES string of the molecule is CC[C@@](O)(C(=O)O)[C@H](O)c1c(Cl)cccc1Cl. The fourth-order valence-electron chi connectivity index (χ4n) is 1.47. The molecule has 0 heterocycles. The molecule has 17 heavy (non-hydrogen) atoms. The molecule has 0 saturated heterocycles. The Morgan fingerprint density at radius 2 is 1.88 bits per heavy atom.